The molecule has 4 nitrogen and oxygen atoms in total. The summed E-state index contributed by atoms with van der Waals surface area (Å²) in [7, 11) is 0. The topological polar surface area (TPSA) is 63.3 Å². The molecule has 0 spiro atoms. The summed E-state index contributed by atoms with van der Waals surface area (Å²) >= 11 is 0. The van der Waals surface area contributed by atoms with Crippen molar-refractivity contribution in [1.82, 2.24) is 5.16 Å². The zero-order valence-electron chi connectivity index (χ0n) is 9.13. The molecule has 0 radical (unpaired) electrons. The van der Waals surface area contributed by atoms with Gasteiger partial charge in [-0.25, -0.2) is 0 Å². The number of aromatic nitrogens is 1. The summed E-state index contributed by atoms with van der Waals surface area (Å²) in [5.41, 5.74) is -1.52. The maximum Gasteiger partial charge on any atom is 0.453 e. The first kappa shape index (κ1) is 12.1. The van der Waals surface area contributed by atoms with E-state index in [2.05, 4.69) is 9.68 Å². The zero-order valence-corrected chi connectivity index (χ0v) is 9.13. The van der Waals surface area contributed by atoms with Gasteiger partial charge in [0.05, 0.1) is 11.3 Å². The Morgan fingerprint density at radius 1 is 1.47 bits per heavy atom. The molecule has 1 unspecified atom stereocenters. The van der Waals surface area contributed by atoms with Crippen molar-refractivity contribution in [3.8, 4) is 0 Å². The highest BCUT2D eigenvalue weighted by atomic mass is 19.4. The van der Waals surface area contributed by atoms with Gasteiger partial charge in [0.25, 0.3) is 5.76 Å². The van der Waals surface area contributed by atoms with Crippen molar-refractivity contribution in [1.29, 1.82) is 0 Å². The second-order valence-corrected chi connectivity index (χ2v) is 4.76. The molecule has 1 aliphatic rings. The number of nitrogens with zero attached hydrogens (tertiary/aromatic N) is 1. The second-order valence-electron chi connectivity index (χ2n) is 4.76. The van der Waals surface area contributed by atoms with Crippen LogP contribution in [0, 0.1) is 5.41 Å². The second kappa shape index (κ2) is 3.32. The minimum Gasteiger partial charge on any atom is -0.384 e. The van der Waals surface area contributed by atoms with Gasteiger partial charge in [-0.15, -0.1) is 0 Å². The summed E-state index contributed by atoms with van der Waals surface area (Å²) in [4.78, 5) is 11.7. The zero-order chi connectivity index (χ0) is 13.0. The number of hydrogen-bond acceptors (Lipinski definition) is 4. The quantitative estimate of drug-likeness (QED) is 0.761. The molecule has 0 amide bonds. The van der Waals surface area contributed by atoms with E-state index in [0.29, 0.717) is 0 Å². The molecule has 0 bridgehead atoms. The maximum absolute atomic E-state index is 12.5. The summed E-state index contributed by atoms with van der Waals surface area (Å²) in [5, 5.41) is 13.0. The van der Waals surface area contributed by atoms with Gasteiger partial charge in [-0.3, -0.25) is 4.79 Å². The van der Waals surface area contributed by atoms with E-state index >= 15 is 0 Å². The molecular formula is C10H10F3NO3. The monoisotopic (exact) mass is 249 g/mol. The predicted octanol–water partition coefficient (Wildman–Crippen LogP) is 1.82. The van der Waals surface area contributed by atoms with Crippen molar-refractivity contribution in [2.75, 3.05) is 0 Å². The Balaban J connectivity index is 2.58. The molecule has 1 N–H and O–H groups in total. The van der Waals surface area contributed by atoms with Crippen molar-refractivity contribution >= 4 is 5.78 Å². The third-order valence-electron chi connectivity index (χ3n) is 2.88. The highest BCUT2D eigenvalue weighted by Gasteiger charge is 2.49. The fourth-order valence-corrected chi connectivity index (χ4v) is 1.91. The van der Waals surface area contributed by atoms with E-state index in [1.165, 1.54) is 0 Å². The van der Waals surface area contributed by atoms with Crippen molar-refractivity contribution in [3.05, 3.63) is 17.0 Å². The van der Waals surface area contributed by atoms with Crippen LogP contribution in [0.1, 0.15) is 35.7 Å². The Labute approximate surface area is 94.4 Å². The van der Waals surface area contributed by atoms with Crippen molar-refractivity contribution in [2.45, 2.75) is 32.5 Å². The van der Waals surface area contributed by atoms with Gasteiger partial charge in [-0.2, -0.15) is 13.2 Å². The minimum absolute atomic E-state index is 0.0439. The van der Waals surface area contributed by atoms with E-state index in [9.17, 15) is 23.1 Å². The van der Waals surface area contributed by atoms with Gasteiger partial charge in [-0.05, 0) is 0 Å². The molecule has 2 rings (SSSR count). The first-order valence-electron chi connectivity index (χ1n) is 4.92. The van der Waals surface area contributed by atoms with E-state index < -0.39 is 34.8 Å². The van der Waals surface area contributed by atoms with Gasteiger partial charge < -0.3 is 9.63 Å². The van der Waals surface area contributed by atoms with E-state index in [1.54, 1.807) is 13.8 Å². The van der Waals surface area contributed by atoms with Gasteiger partial charge in [-0.1, -0.05) is 19.0 Å². The Morgan fingerprint density at radius 2 is 2.06 bits per heavy atom. The molecule has 7 heteroatoms. The van der Waals surface area contributed by atoms with E-state index in [0.717, 1.165) is 0 Å². The molecule has 94 valence electrons. The molecule has 1 aromatic heterocycles. The number of fused-ring (bicyclic) bond motifs is 1. The van der Waals surface area contributed by atoms with Crippen LogP contribution in [0.4, 0.5) is 13.2 Å². The average molecular weight is 249 g/mol. The lowest BCUT2D eigenvalue weighted by Crippen LogP contribution is -2.43. The lowest BCUT2D eigenvalue weighted by atomic mass is 9.73. The summed E-state index contributed by atoms with van der Waals surface area (Å²) in [6, 6.07) is 0. The number of alkyl halides is 3. The van der Waals surface area contributed by atoms with Crippen LogP contribution in [-0.2, 0) is 12.6 Å². The first-order chi connectivity index (χ1) is 7.64. The number of ketones is 1. The first-order valence-corrected chi connectivity index (χ1v) is 4.92. The number of aliphatic hydroxyl groups excluding tert-OH is 1. The van der Waals surface area contributed by atoms with Gasteiger partial charge in [0.1, 0.15) is 6.10 Å². The smallest absolute Gasteiger partial charge is 0.384 e. The fourth-order valence-electron chi connectivity index (χ4n) is 1.91. The SMILES string of the molecule is CC1(C)Cc2noc(C(F)(F)F)c2C(=O)C1O. The van der Waals surface area contributed by atoms with Crippen LogP contribution in [0.3, 0.4) is 0 Å². The summed E-state index contributed by atoms with van der Waals surface area (Å²) in [6.45, 7) is 3.17. The number of hydrogen-bond donors (Lipinski definition) is 1. The number of Topliss-reactive ketones (excluding diaryl/α,β-unsaturated/α-hetero) is 1. The standard InChI is InChI=1S/C10H10F3NO3/c1-9(2)3-4-5(6(15)7(9)16)8(17-14-4)10(11,12)13/h7,16H,3H2,1-2H3. The van der Waals surface area contributed by atoms with E-state index in [-0.39, 0.29) is 12.1 Å². The van der Waals surface area contributed by atoms with Crippen LogP contribution in [0.25, 0.3) is 0 Å². The molecule has 0 aromatic carbocycles. The highest BCUT2D eigenvalue weighted by molar-refractivity contribution is 6.02. The third-order valence-corrected chi connectivity index (χ3v) is 2.88. The molecule has 1 aromatic rings. The molecular weight excluding hydrogens is 239 g/mol. The molecule has 0 saturated carbocycles. The van der Waals surface area contributed by atoms with Crippen LogP contribution >= 0.6 is 0 Å². The van der Waals surface area contributed by atoms with Gasteiger partial charge in [0, 0.05) is 11.8 Å². The Morgan fingerprint density at radius 3 is 2.59 bits per heavy atom. The minimum atomic E-state index is -4.78. The number of carbonyl (C=O) groups is 1. The molecule has 1 aliphatic carbocycles. The van der Waals surface area contributed by atoms with Crippen LogP contribution in [0.15, 0.2) is 4.52 Å². The Bertz CT molecular complexity index is 476. The van der Waals surface area contributed by atoms with E-state index in [1.807, 2.05) is 0 Å². The van der Waals surface area contributed by atoms with Crippen LogP contribution in [-0.4, -0.2) is 22.2 Å². The van der Waals surface area contributed by atoms with Crippen molar-refractivity contribution in [2.24, 2.45) is 5.41 Å². The van der Waals surface area contributed by atoms with Crippen molar-refractivity contribution < 1.29 is 27.6 Å². The number of halogens is 3. The maximum atomic E-state index is 12.5. The van der Waals surface area contributed by atoms with Gasteiger partial charge in [0.15, 0.2) is 5.78 Å². The fraction of sp³-hybridized carbons (Fsp3) is 0.600. The van der Waals surface area contributed by atoms with Crippen LogP contribution in [0.5, 0.6) is 0 Å². The molecule has 17 heavy (non-hydrogen) atoms. The Kier molecular flexibility index (Phi) is 2.36. The largest absolute Gasteiger partial charge is 0.453 e. The molecule has 1 atom stereocenters. The Hall–Kier alpha value is -1.37. The van der Waals surface area contributed by atoms with Crippen LogP contribution in [0.2, 0.25) is 0 Å². The normalized spacial score (nSPS) is 23.6. The average Bonchev–Trinajstić information content (AvgIpc) is 2.56. The third kappa shape index (κ3) is 1.74. The highest BCUT2D eigenvalue weighted by Crippen LogP contribution is 2.41. The molecule has 1 heterocycles. The van der Waals surface area contributed by atoms with E-state index in [4.69, 9.17) is 0 Å². The van der Waals surface area contributed by atoms with Gasteiger partial charge >= 0.3 is 6.18 Å². The molecule has 0 aliphatic heterocycles. The molecule has 0 saturated heterocycles. The summed E-state index contributed by atoms with van der Waals surface area (Å²) in [6.07, 6.45) is -6.19. The lowest BCUT2D eigenvalue weighted by Gasteiger charge is -2.32. The summed E-state index contributed by atoms with van der Waals surface area (Å²) in [5.74, 6) is -2.41. The lowest BCUT2D eigenvalue weighted by molar-refractivity contribution is -0.155. The predicted molar refractivity (Wildman–Crippen MR) is 49.3 cm³/mol. The van der Waals surface area contributed by atoms with Gasteiger partial charge in [0.2, 0.25) is 0 Å². The number of rotatable bonds is 0. The van der Waals surface area contributed by atoms with Crippen molar-refractivity contribution in [3.63, 3.8) is 0 Å². The number of carbonyl (C=O) groups excluding carboxylic acids is 1. The van der Waals surface area contributed by atoms with Crippen LogP contribution < -0.4 is 0 Å². The molecule has 0 fully saturated rings. The number of aliphatic hydroxyl groups is 1. The summed E-state index contributed by atoms with van der Waals surface area (Å²) < 4.78 is 41.8.